The van der Waals surface area contributed by atoms with E-state index < -0.39 is 0 Å². The molecule has 37 heavy (non-hydrogen) atoms. The number of ether oxygens (including phenoxy) is 2. The Morgan fingerprint density at radius 1 is 1.16 bits per heavy atom. The summed E-state index contributed by atoms with van der Waals surface area (Å²) in [7, 11) is 0. The highest BCUT2D eigenvalue weighted by atomic mass is 19.1. The molecule has 6 rings (SSSR count). The molecule has 0 spiro atoms. The minimum atomic E-state index is -0.346. The molecule has 4 heterocycles. The van der Waals surface area contributed by atoms with Crippen LogP contribution in [-0.2, 0) is 9.53 Å². The molecule has 3 aliphatic rings. The Bertz CT molecular complexity index is 1290. The number of aromatic nitrogens is 3. The Morgan fingerprint density at radius 2 is 1.97 bits per heavy atom. The largest absolute Gasteiger partial charge is 0.491 e. The summed E-state index contributed by atoms with van der Waals surface area (Å²) in [4.78, 5) is 24.8. The van der Waals surface area contributed by atoms with Gasteiger partial charge in [0.15, 0.2) is 0 Å². The van der Waals surface area contributed by atoms with Crippen LogP contribution in [0.5, 0.6) is 5.75 Å². The van der Waals surface area contributed by atoms with Crippen LogP contribution in [-0.4, -0.2) is 81.8 Å². The zero-order valence-corrected chi connectivity index (χ0v) is 21.1. The summed E-state index contributed by atoms with van der Waals surface area (Å²) in [6.07, 6.45) is 7.47. The van der Waals surface area contributed by atoms with Gasteiger partial charge in [0, 0.05) is 69.1 Å². The molecular weight excluding hydrogens is 475 g/mol. The Labute approximate surface area is 215 Å². The van der Waals surface area contributed by atoms with Crippen LogP contribution >= 0.6 is 0 Å². The van der Waals surface area contributed by atoms with E-state index in [2.05, 4.69) is 19.4 Å². The molecule has 1 saturated carbocycles. The topological polar surface area (TPSA) is 98.7 Å². The number of halogens is 1. The minimum Gasteiger partial charge on any atom is -0.491 e. The van der Waals surface area contributed by atoms with Crippen LogP contribution in [0.25, 0.3) is 22.2 Å². The Kier molecular flexibility index (Phi) is 6.46. The third kappa shape index (κ3) is 4.64. The molecule has 9 nitrogen and oxygen atoms in total. The van der Waals surface area contributed by atoms with Crippen molar-refractivity contribution < 1.29 is 18.7 Å². The highest BCUT2D eigenvalue weighted by molar-refractivity contribution is 6.01. The fourth-order valence-corrected chi connectivity index (χ4v) is 5.84. The molecule has 3 aromatic rings. The van der Waals surface area contributed by atoms with Gasteiger partial charge in [-0.15, -0.1) is 0 Å². The normalized spacial score (nSPS) is 24.4. The molecule has 196 valence electrons. The molecule has 10 heteroatoms. The zero-order valence-electron chi connectivity index (χ0n) is 21.1. The lowest BCUT2D eigenvalue weighted by molar-refractivity contribution is -0.131. The molecule has 2 aliphatic heterocycles. The highest BCUT2D eigenvalue weighted by Crippen LogP contribution is 2.42. The van der Waals surface area contributed by atoms with Gasteiger partial charge in [-0.3, -0.25) is 9.69 Å². The number of nitrogen functional groups attached to an aromatic ring is 1. The van der Waals surface area contributed by atoms with E-state index in [-0.39, 0.29) is 23.9 Å². The number of hydrogen-bond acceptors (Lipinski definition) is 7. The lowest BCUT2D eigenvalue weighted by Crippen LogP contribution is -2.54. The van der Waals surface area contributed by atoms with Crippen molar-refractivity contribution in [2.75, 3.05) is 45.1 Å². The molecule has 0 radical (unpaired) electrons. The predicted octanol–water partition coefficient (Wildman–Crippen LogP) is 3.25. The number of fused-ring (bicyclic) bond motifs is 1. The van der Waals surface area contributed by atoms with Crippen molar-refractivity contribution in [2.24, 2.45) is 0 Å². The highest BCUT2D eigenvalue weighted by Gasteiger charge is 2.37. The second kappa shape index (κ2) is 9.90. The molecule has 1 atom stereocenters. The van der Waals surface area contributed by atoms with Gasteiger partial charge in [-0.05, 0) is 43.9 Å². The first-order valence-electron chi connectivity index (χ1n) is 13.1. The number of rotatable bonds is 6. The van der Waals surface area contributed by atoms with Crippen LogP contribution in [0.4, 0.5) is 10.2 Å². The van der Waals surface area contributed by atoms with E-state index in [0.29, 0.717) is 40.7 Å². The number of carbonyl (C=O) groups is 1. The lowest BCUT2D eigenvalue weighted by Gasteiger charge is -2.46. The van der Waals surface area contributed by atoms with Gasteiger partial charge in [-0.25, -0.2) is 14.4 Å². The van der Waals surface area contributed by atoms with E-state index in [1.165, 1.54) is 12.4 Å². The molecule has 0 unspecified atom stereocenters. The molecule has 0 bridgehead atoms. The number of carbonyl (C=O) groups excluding carboxylic acids is 1. The standard InChI is InChI=1S/C27H33FN6O3/c1-17(35)32-6-8-33(9-7-32)18-11-19(12-18)34-14-23(25-26(29)30-16-31-27(25)34)22-13-20(4-5-24(22)28)37-15-21-3-2-10-36-21/h4-5,13-14,16,18-19,21H,2-3,6-12,15H2,1H3,(H2,29,30,31)/t18-,19+,21-/m1/s1. The van der Waals surface area contributed by atoms with E-state index in [4.69, 9.17) is 15.2 Å². The first kappa shape index (κ1) is 24.1. The first-order chi connectivity index (χ1) is 18.0. The molecule has 2 N–H and O–H groups in total. The van der Waals surface area contributed by atoms with Crippen LogP contribution in [0, 0.1) is 5.82 Å². The number of nitrogens with zero attached hydrogens (tertiary/aromatic N) is 5. The Morgan fingerprint density at radius 3 is 2.70 bits per heavy atom. The molecule has 1 aromatic carbocycles. The van der Waals surface area contributed by atoms with Gasteiger partial charge in [-0.2, -0.15) is 0 Å². The van der Waals surface area contributed by atoms with Crippen molar-refractivity contribution in [3.63, 3.8) is 0 Å². The summed E-state index contributed by atoms with van der Waals surface area (Å²) >= 11 is 0. The third-order valence-electron chi connectivity index (χ3n) is 8.08. The molecule has 1 aliphatic carbocycles. The number of piperazine rings is 1. The fraction of sp³-hybridized carbons (Fsp3) is 0.519. The molecular formula is C27H33FN6O3. The van der Waals surface area contributed by atoms with Crippen LogP contribution in [0.2, 0.25) is 0 Å². The zero-order chi connectivity index (χ0) is 25.5. The Hall–Kier alpha value is -3.24. The van der Waals surface area contributed by atoms with Crippen molar-refractivity contribution in [3.05, 3.63) is 36.5 Å². The molecule has 3 fully saturated rings. The maximum absolute atomic E-state index is 15.1. The maximum atomic E-state index is 15.1. The van der Waals surface area contributed by atoms with Crippen molar-refractivity contribution in [1.82, 2.24) is 24.3 Å². The Balaban J connectivity index is 1.23. The van der Waals surface area contributed by atoms with Gasteiger partial charge < -0.3 is 24.7 Å². The smallest absolute Gasteiger partial charge is 0.219 e. The second-order valence-corrected chi connectivity index (χ2v) is 10.3. The van der Waals surface area contributed by atoms with E-state index in [1.54, 1.807) is 19.1 Å². The van der Waals surface area contributed by atoms with Crippen LogP contribution < -0.4 is 10.5 Å². The van der Waals surface area contributed by atoms with Crippen molar-refractivity contribution in [2.45, 2.75) is 50.8 Å². The van der Waals surface area contributed by atoms with E-state index in [0.717, 1.165) is 64.1 Å². The van der Waals surface area contributed by atoms with Crippen molar-refractivity contribution in [1.29, 1.82) is 0 Å². The monoisotopic (exact) mass is 508 g/mol. The van der Waals surface area contributed by atoms with Gasteiger partial charge in [0.05, 0.1) is 11.5 Å². The van der Waals surface area contributed by atoms with Gasteiger partial charge in [0.25, 0.3) is 0 Å². The van der Waals surface area contributed by atoms with Crippen molar-refractivity contribution in [3.8, 4) is 16.9 Å². The summed E-state index contributed by atoms with van der Waals surface area (Å²) in [5, 5.41) is 0.663. The summed E-state index contributed by atoms with van der Waals surface area (Å²) in [6, 6.07) is 5.51. The van der Waals surface area contributed by atoms with E-state index in [1.807, 2.05) is 11.1 Å². The van der Waals surface area contributed by atoms with Gasteiger partial charge >= 0.3 is 0 Å². The van der Waals surface area contributed by atoms with E-state index in [9.17, 15) is 4.79 Å². The fourth-order valence-electron chi connectivity index (χ4n) is 5.84. The minimum absolute atomic E-state index is 0.0801. The SMILES string of the molecule is CC(=O)N1CCN([C@H]2C[C@@H](n3cc(-c4cc(OC[C@H]5CCCO5)ccc4F)c4c(N)ncnc43)C2)CC1. The van der Waals surface area contributed by atoms with Crippen molar-refractivity contribution >= 4 is 22.8 Å². The maximum Gasteiger partial charge on any atom is 0.219 e. The van der Waals surface area contributed by atoms with Gasteiger partial charge in [0.2, 0.25) is 5.91 Å². The predicted molar refractivity (Wildman–Crippen MR) is 138 cm³/mol. The number of amides is 1. The number of anilines is 1. The summed E-state index contributed by atoms with van der Waals surface area (Å²) in [5.41, 5.74) is 8.12. The molecule has 2 saturated heterocycles. The van der Waals surface area contributed by atoms with Crippen LogP contribution in [0.3, 0.4) is 0 Å². The first-order valence-corrected chi connectivity index (χ1v) is 13.1. The average Bonchev–Trinajstić information content (AvgIpc) is 3.52. The van der Waals surface area contributed by atoms with Gasteiger partial charge in [0.1, 0.15) is 36.0 Å². The summed E-state index contributed by atoms with van der Waals surface area (Å²) < 4.78 is 28.9. The second-order valence-electron chi connectivity index (χ2n) is 10.3. The van der Waals surface area contributed by atoms with Gasteiger partial charge in [-0.1, -0.05) is 0 Å². The van der Waals surface area contributed by atoms with Crippen LogP contribution in [0.15, 0.2) is 30.7 Å². The number of hydrogen-bond donors (Lipinski definition) is 1. The van der Waals surface area contributed by atoms with E-state index >= 15 is 4.39 Å². The quantitative estimate of drug-likeness (QED) is 0.546. The average molecular weight is 509 g/mol. The van der Waals surface area contributed by atoms with Crippen LogP contribution in [0.1, 0.15) is 38.6 Å². The lowest BCUT2D eigenvalue weighted by atomic mass is 9.85. The number of benzene rings is 1. The molecule has 2 aromatic heterocycles. The summed E-state index contributed by atoms with van der Waals surface area (Å²) in [5.74, 6) is 0.724. The summed E-state index contributed by atoms with van der Waals surface area (Å²) in [6.45, 7) is 6.19. The molecule has 1 amide bonds. The third-order valence-corrected chi connectivity index (χ3v) is 8.08. The number of nitrogens with two attached hydrogens (primary N) is 1.